The number of hydrogen-bond acceptors (Lipinski definition) is 2. The summed E-state index contributed by atoms with van der Waals surface area (Å²) in [4.78, 5) is 0. The predicted octanol–water partition coefficient (Wildman–Crippen LogP) is 4.11. The predicted molar refractivity (Wildman–Crippen MR) is 82.9 cm³/mol. The third-order valence-corrected chi connectivity index (χ3v) is 4.20. The Morgan fingerprint density at radius 3 is 2.76 bits per heavy atom. The van der Waals surface area contributed by atoms with Gasteiger partial charge in [-0.3, -0.25) is 0 Å². The first-order valence-electron chi connectivity index (χ1n) is 6.23. The second kappa shape index (κ2) is 9.01. The van der Waals surface area contributed by atoms with Crippen molar-refractivity contribution in [2.45, 2.75) is 32.2 Å². The Labute approximate surface area is 118 Å². The summed E-state index contributed by atoms with van der Waals surface area (Å²) in [6, 6.07) is 9.13. The Bertz CT molecular complexity index is 309. The van der Waals surface area contributed by atoms with Crippen LogP contribution in [0.4, 0.5) is 0 Å². The van der Waals surface area contributed by atoms with Gasteiger partial charge in [0.15, 0.2) is 0 Å². The molecule has 0 amide bonds. The number of rotatable bonds is 8. The fourth-order valence-electron chi connectivity index (χ4n) is 1.81. The van der Waals surface area contributed by atoms with E-state index in [1.807, 2.05) is 11.8 Å². The van der Waals surface area contributed by atoms with Gasteiger partial charge < -0.3 is 5.32 Å². The third kappa shape index (κ3) is 5.94. The number of hydrogen-bond donors (Lipinski definition) is 1. The molecule has 0 aliphatic heterocycles. The zero-order valence-corrected chi connectivity index (χ0v) is 13.1. The Morgan fingerprint density at radius 2 is 2.12 bits per heavy atom. The zero-order chi connectivity index (χ0) is 12.5. The van der Waals surface area contributed by atoms with Crippen molar-refractivity contribution in [3.63, 3.8) is 0 Å². The van der Waals surface area contributed by atoms with E-state index in [4.69, 9.17) is 0 Å². The van der Waals surface area contributed by atoms with Gasteiger partial charge in [-0.15, -0.1) is 0 Å². The molecule has 0 bridgehead atoms. The van der Waals surface area contributed by atoms with Crippen LogP contribution in [0.25, 0.3) is 0 Å². The topological polar surface area (TPSA) is 12.0 Å². The van der Waals surface area contributed by atoms with Crippen LogP contribution >= 0.6 is 27.7 Å². The minimum absolute atomic E-state index is 0.598. The van der Waals surface area contributed by atoms with E-state index in [0.717, 1.165) is 13.0 Å². The molecule has 1 atom stereocenters. The highest BCUT2D eigenvalue weighted by atomic mass is 79.9. The number of halogens is 1. The molecule has 0 saturated carbocycles. The highest BCUT2D eigenvalue weighted by molar-refractivity contribution is 9.10. The van der Waals surface area contributed by atoms with Gasteiger partial charge in [0.1, 0.15) is 0 Å². The highest BCUT2D eigenvalue weighted by Crippen LogP contribution is 2.18. The van der Waals surface area contributed by atoms with Crippen LogP contribution < -0.4 is 5.32 Å². The van der Waals surface area contributed by atoms with Gasteiger partial charge in [0.2, 0.25) is 0 Å². The van der Waals surface area contributed by atoms with Crippen LogP contribution in [0.2, 0.25) is 0 Å². The Kier molecular flexibility index (Phi) is 7.99. The van der Waals surface area contributed by atoms with Crippen LogP contribution in [0.1, 0.15) is 25.3 Å². The van der Waals surface area contributed by atoms with Gasteiger partial charge in [-0.05, 0) is 49.4 Å². The van der Waals surface area contributed by atoms with Gasteiger partial charge in [-0.25, -0.2) is 0 Å². The van der Waals surface area contributed by atoms with Crippen molar-refractivity contribution in [1.82, 2.24) is 5.32 Å². The Balaban J connectivity index is 2.55. The van der Waals surface area contributed by atoms with E-state index in [0.29, 0.717) is 6.04 Å². The highest BCUT2D eigenvalue weighted by Gasteiger charge is 2.10. The summed E-state index contributed by atoms with van der Waals surface area (Å²) in [7, 11) is 0. The minimum atomic E-state index is 0.598. The molecule has 1 N–H and O–H groups in total. The molecule has 0 fully saturated rings. The number of benzene rings is 1. The fraction of sp³-hybridized carbons (Fsp3) is 0.571. The molecule has 0 aliphatic carbocycles. The second-order valence-electron chi connectivity index (χ2n) is 4.23. The Morgan fingerprint density at radius 1 is 1.35 bits per heavy atom. The monoisotopic (exact) mass is 315 g/mol. The van der Waals surface area contributed by atoms with Crippen LogP contribution in [-0.4, -0.2) is 24.6 Å². The van der Waals surface area contributed by atoms with E-state index in [2.05, 4.69) is 58.7 Å². The lowest BCUT2D eigenvalue weighted by Crippen LogP contribution is -2.32. The standard InChI is InChI=1S/C14H22BrNS/c1-3-9-16-13(8-10-17-2)11-12-6-4-5-7-14(12)15/h4-7,13,16H,3,8-11H2,1-2H3. The first-order valence-corrected chi connectivity index (χ1v) is 8.42. The first-order chi connectivity index (χ1) is 8.27. The molecule has 0 spiro atoms. The molecule has 0 saturated heterocycles. The molecule has 3 heteroatoms. The lowest BCUT2D eigenvalue weighted by atomic mass is 10.0. The van der Waals surface area contributed by atoms with Crippen LogP contribution in [0.5, 0.6) is 0 Å². The molecule has 17 heavy (non-hydrogen) atoms. The maximum Gasteiger partial charge on any atom is 0.0207 e. The second-order valence-corrected chi connectivity index (χ2v) is 6.07. The molecular weight excluding hydrogens is 294 g/mol. The van der Waals surface area contributed by atoms with Crippen molar-refractivity contribution < 1.29 is 0 Å². The van der Waals surface area contributed by atoms with Crippen molar-refractivity contribution in [2.24, 2.45) is 0 Å². The van der Waals surface area contributed by atoms with E-state index >= 15 is 0 Å². The zero-order valence-electron chi connectivity index (χ0n) is 10.7. The lowest BCUT2D eigenvalue weighted by molar-refractivity contribution is 0.497. The average Bonchev–Trinajstić information content (AvgIpc) is 2.35. The summed E-state index contributed by atoms with van der Waals surface area (Å²) < 4.78 is 1.23. The smallest absolute Gasteiger partial charge is 0.0207 e. The molecule has 1 rings (SSSR count). The molecule has 1 nitrogen and oxygen atoms in total. The molecule has 1 unspecified atom stereocenters. The van der Waals surface area contributed by atoms with E-state index in [1.165, 1.54) is 28.6 Å². The van der Waals surface area contributed by atoms with E-state index < -0.39 is 0 Å². The third-order valence-electron chi connectivity index (χ3n) is 2.78. The SMILES string of the molecule is CCCNC(CCSC)Cc1ccccc1Br. The number of thioether (sulfide) groups is 1. The number of nitrogens with one attached hydrogen (secondary N) is 1. The fourth-order valence-corrected chi connectivity index (χ4v) is 2.78. The van der Waals surface area contributed by atoms with Crippen molar-refractivity contribution >= 4 is 27.7 Å². The van der Waals surface area contributed by atoms with E-state index in [1.54, 1.807) is 0 Å². The van der Waals surface area contributed by atoms with Gasteiger partial charge in [0, 0.05) is 10.5 Å². The van der Waals surface area contributed by atoms with Crippen molar-refractivity contribution in [3.8, 4) is 0 Å². The van der Waals surface area contributed by atoms with Crippen LogP contribution in [0, 0.1) is 0 Å². The van der Waals surface area contributed by atoms with Gasteiger partial charge >= 0.3 is 0 Å². The molecule has 0 radical (unpaired) electrons. The van der Waals surface area contributed by atoms with Crippen molar-refractivity contribution in [1.29, 1.82) is 0 Å². The van der Waals surface area contributed by atoms with E-state index in [-0.39, 0.29) is 0 Å². The summed E-state index contributed by atoms with van der Waals surface area (Å²) in [5.41, 5.74) is 1.40. The normalized spacial score (nSPS) is 12.6. The van der Waals surface area contributed by atoms with Crippen LogP contribution in [0.3, 0.4) is 0 Å². The molecule has 1 aromatic rings. The first kappa shape index (κ1) is 15.1. The minimum Gasteiger partial charge on any atom is -0.314 e. The van der Waals surface area contributed by atoms with Crippen molar-refractivity contribution in [3.05, 3.63) is 34.3 Å². The van der Waals surface area contributed by atoms with Crippen molar-refractivity contribution in [2.75, 3.05) is 18.6 Å². The van der Waals surface area contributed by atoms with Gasteiger partial charge in [0.25, 0.3) is 0 Å². The average molecular weight is 316 g/mol. The molecular formula is C14H22BrNS. The van der Waals surface area contributed by atoms with Gasteiger partial charge in [-0.1, -0.05) is 41.1 Å². The lowest BCUT2D eigenvalue weighted by Gasteiger charge is -2.19. The maximum absolute atomic E-state index is 3.65. The molecule has 0 aromatic heterocycles. The summed E-state index contributed by atoms with van der Waals surface area (Å²) in [5, 5.41) is 3.65. The van der Waals surface area contributed by atoms with Gasteiger partial charge in [0.05, 0.1) is 0 Å². The quantitative estimate of drug-likeness (QED) is 0.774. The molecule has 1 aromatic carbocycles. The Hall–Kier alpha value is 0.01000. The van der Waals surface area contributed by atoms with Crippen LogP contribution in [0.15, 0.2) is 28.7 Å². The molecule has 96 valence electrons. The van der Waals surface area contributed by atoms with Crippen LogP contribution in [-0.2, 0) is 6.42 Å². The maximum atomic E-state index is 3.65. The summed E-state index contributed by atoms with van der Waals surface area (Å²) >= 11 is 5.55. The van der Waals surface area contributed by atoms with E-state index in [9.17, 15) is 0 Å². The summed E-state index contributed by atoms with van der Waals surface area (Å²) in [5.74, 6) is 1.23. The van der Waals surface area contributed by atoms with Gasteiger partial charge in [-0.2, -0.15) is 11.8 Å². The largest absolute Gasteiger partial charge is 0.314 e. The summed E-state index contributed by atoms with van der Waals surface area (Å²) in [6.45, 7) is 3.33. The molecule has 0 aliphatic rings. The molecule has 0 heterocycles. The summed E-state index contributed by atoms with van der Waals surface area (Å²) in [6.07, 6.45) is 5.73.